The number of Topliss-reactive ketones (excluding diaryl/α,β-unsaturated/α-hetero) is 1. The van der Waals surface area contributed by atoms with Gasteiger partial charge in [-0.3, -0.25) is 4.79 Å². The lowest BCUT2D eigenvalue weighted by Crippen LogP contribution is -2.04. The highest BCUT2D eigenvalue weighted by atomic mass is 32.1. The largest absolute Gasteiger partial charge is 0.416 e. The Morgan fingerprint density at radius 1 is 1.33 bits per heavy atom. The van der Waals surface area contributed by atoms with E-state index in [0.717, 1.165) is 23.5 Å². The van der Waals surface area contributed by atoms with Crippen LogP contribution in [0.5, 0.6) is 0 Å². The number of carbonyl (C=O) groups is 1. The minimum atomic E-state index is -4.38. The van der Waals surface area contributed by atoms with Gasteiger partial charge < -0.3 is 0 Å². The number of aromatic nitrogens is 1. The number of halogens is 3. The average Bonchev–Trinajstić information content (AvgIpc) is 2.77. The van der Waals surface area contributed by atoms with Gasteiger partial charge in [0, 0.05) is 18.7 Å². The molecule has 0 atom stereocenters. The fraction of sp³-hybridized carbons (Fsp3) is 0.167. The molecule has 18 heavy (non-hydrogen) atoms. The van der Waals surface area contributed by atoms with Crippen molar-refractivity contribution in [2.75, 3.05) is 0 Å². The van der Waals surface area contributed by atoms with E-state index in [9.17, 15) is 18.0 Å². The number of benzene rings is 1. The zero-order valence-electron chi connectivity index (χ0n) is 9.28. The third-order valence-electron chi connectivity index (χ3n) is 2.29. The van der Waals surface area contributed by atoms with Gasteiger partial charge in [0.25, 0.3) is 0 Å². The molecule has 6 heteroatoms. The zero-order valence-corrected chi connectivity index (χ0v) is 10.1. The number of ketones is 1. The smallest absolute Gasteiger partial charge is 0.294 e. The molecule has 2 aromatic rings. The molecule has 0 unspecified atom stereocenters. The Bertz CT molecular complexity index is 589. The number of rotatable bonds is 2. The molecule has 0 saturated carbocycles. The van der Waals surface area contributed by atoms with Gasteiger partial charge in [0.1, 0.15) is 5.01 Å². The molecule has 0 fully saturated rings. The van der Waals surface area contributed by atoms with E-state index in [1.165, 1.54) is 25.3 Å². The number of nitrogens with zero attached hydrogens (tertiary/aromatic N) is 1. The van der Waals surface area contributed by atoms with Crippen molar-refractivity contribution in [2.45, 2.75) is 13.1 Å². The summed E-state index contributed by atoms with van der Waals surface area (Å²) in [4.78, 5) is 15.5. The molecular formula is C12H8F3NOS. The fourth-order valence-corrected chi connectivity index (χ4v) is 2.21. The first-order valence-electron chi connectivity index (χ1n) is 5.02. The van der Waals surface area contributed by atoms with Gasteiger partial charge in [-0.2, -0.15) is 13.2 Å². The maximum absolute atomic E-state index is 12.5. The molecule has 1 heterocycles. The van der Waals surface area contributed by atoms with Gasteiger partial charge in [0.05, 0.1) is 10.4 Å². The molecular weight excluding hydrogens is 263 g/mol. The summed E-state index contributed by atoms with van der Waals surface area (Å²) < 4.78 is 37.6. The molecule has 1 aromatic carbocycles. The van der Waals surface area contributed by atoms with Crippen LogP contribution >= 0.6 is 11.3 Å². The SMILES string of the molecule is CC(=O)c1cnc(-c2cccc(C(F)(F)F)c2)s1. The molecule has 0 spiro atoms. The first-order chi connectivity index (χ1) is 8.38. The van der Waals surface area contributed by atoms with Gasteiger partial charge in [-0.1, -0.05) is 12.1 Å². The van der Waals surface area contributed by atoms with Crippen LogP contribution in [0, 0.1) is 0 Å². The van der Waals surface area contributed by atoms with Gasteiger partial charge in [-0.25, -0.2) is 4.98 Å². The number of hydrogen-bond donors (Lipinski definition) is 0. The Hall–Kier alpha value is -1.69. The predicted octanol–water partition coefficient (Wildman–Crippen LogP) is 4.03. The monoisotopic (exact) mass is 271 g/mol. The van der Waals surface area contributed by atoms with E-state index in [4.69, 9.17) is 0 Å². The van der Waals surface area contributed by atoms with Crippen molar-refractivity contribution >= 4 is 17.1 Å². The molecule has 2 nitrogen and oxygen atoms in total. The van der Waals surface area contributed by atoms with Crippen molar-refractivity contribution in [2.24, 2.45) is 0 Å². The van der Waals surface area contributed by atoms with Crippen LogP contribution in [0.1, 0.15) is 22.2 Å². The van der Waals surface area contributed by atoms with Gasteiger partial charge in [0.15, 0.2) is 5.78 Å². The van der Waals surface area contributed by atoms with Crippen LogP contribution in [0.25, 0.3) is 10.6 Å². The van der Waals surface area contributed by atoms with Crippen molar-refractivity contribution in [3.63, 3.8) is 0 Å². The molecule has 94 valence electrons. The number of thiazole rings is 1. The van der Waals surface area contributed by atoms with E-state index < -0.39 is 11.7 Å². The van der Waals surface area contributed by atoms with E-state index in [2.05, 4.69) is 4.98 Å². The highest BCUT2D eigenvalue weighted by molar-refractivity contribution is 7.16. The summed E-state index contributed by atoms with van der Waals surface area (Å²) >= 11 is 1.09. The summed E-state index contributed by atoms with van der Waals surface area (Å²) in [6.07, 6.45) is -3.00. The second kappa shape index (κ2) is 4.53. The van der Waals surface area contributed by atoms with Crippen LogP contribution in [0.2, 0.25) is 0 Å². The first-order valence-corrected chi connectivity index (χ1v) is 5.84. The van der Waals surface area contributed by atoms with Crippen molar-refractivity contribution in [1.29, 1.82) is 0 Å². The van der Waals surface area contributed by atoms with Gasteiger partial charge in [-0.05, 0) is 12.1 Å². The Labute approximate surface area is 105 Å². The summed E-state index contributed by atoms with van der Waals surface area (Å²) in [5.41, 5.74) is -0.359. The van der Waals surface area contributed by atoms with E-state index >= 15 is 0 Å². The Morgan fingerprint density at radius 3 is 2.61 bits per heavy atom. The average molecular weight is 271 g/mol. The third-order valence-corrected chi connectivity index (χ3v) is 3.44. The van der Waals surface area contributed by atoms with Crippen LogP contribution < -0.4 is 0 Å². The standard InChI is InChI=1S/C12H8F3NOS/c1-7(17)10-6-16-11(18-10)8-3-2-4-9(5-8)12(13,14)15/h2-6H,1H3. The van der Waals surface area contributed by atoms with E-state index in [1.54, 1.807) is 0 Å². The Morgan fingerprint density at radius 2 is 2.06 bits per heavy atom. The number of alkyl halides is 3. The molecule has 2 rings (SSSR count). The quantitative estimate of drug-likeness (QED) is 0.772. The van der Waals surface area contributed by atoms with Gasteiger partial charge >= 0.3 is 6.18 Å². The molecule has 0 aliphatic rings. The van der Waals surface area contributed by atoms with Crippen molar-refractivity contribution in [3.05, 3.63) is 40.9 Å². The lowest BCUT2D eigenvalue weighted by atomic mass is 10.1. The van der Waals surface area contributed by atoms with Crippen LogP contribution in [0.4, 0.5) is 13.2 Å². The number of hydrogen-bond acceptors (Lipinski definition) is 3. The second-order valence-electron chi connectivity index (χ2n) is 3.66. The van der Waals surface area contributed by atoms with E-state index in [0.29, 0.717) is 15.4 Å². The van der Waals surface area contributed by atoms with Gasteiger partial charge in [0.2, 0.25) is 0 Å². The molecule has 0 radical (unpaired) electrons. The third kappa shape index (κ3) is 2.59. The molecule has 0 N–H and O–H groups in total. The fourth-order valence-electron chi connectivity index (χ4n) is 1.40. The molecule has 0 amide bonds. The highest BCUT2D eigenvalue weighted by Crippen LogP contribution is 2.33. The Kier molecular flexibility index (Phi) is 3.21. The van der Waals surface area contributed by atoms with Crippen LogP contribution in [0.3, 0.4) is 0 Å². The maximum atomic E-state index is 12.5. The van der Waals surface area contributed by atoms with E-state index in [1.807, 2.05) is 0 Å². The van der Waals surface area contributed by atoms with E-state index in [-0.39, 0.29) is 5.78 Å². The normalized spacial score (nSPS) is 11.6. The van der Waals surface area contributed by atoms with Crippen molar-refractivity contribution < 1.29 is 18.0 Å². The minimum Gasteiger partial charge on any atom is -0.294 e. The maximum Gasteiger partial charge on any atom is 0.416 e. The van der Waals surface area contributed by atoms with Gasteiger partial charge in [-0.15, -0.1) is 11.3 Å². The van der Waals surface area contributed by atoms with Crippen LogP contribution in [-0.4, -0.2) is 10.8 Å². The summed E-state index contributed by atoms with van der Waals surface area (Å²) in [6, 6.07) is 4.90. The molecule has 0 aliphatic heterocycles. The summed E-state index contributed by atoms with van der Waals surface area (Å²) in [5.74, 6) is -0.147. The summed E-state index contributed by atoms with van der Waals surface area (Å²) in [6.45, 7) is 1.39. The minimum absolute atomic E-state index is 0.147. The predicted molar refractivity (Wildman–Crippen MR) is 62.6 cm³/mol. The van der Waals surface area contributed by atoms with Crippen LogP contribution in [0.15, 0.2) is 30.5 Å². The van der Waals surface area contributed by atoms with Crippen molar-refractivity contribution in [3.8, 4) is 10.6 Å². The topological polar surface area (TPSA) is 30.0 Å². The Balaban J connectivity index is 2.41. The van der Waals surface area contributed by atoms with Crippen LogP contribution in [-0.2, 0) is 6.18 Å². The number of carbonyl (C=O) groups excluding carboxylic acids is 1. The second-order valence-corrected chi connectivity index (χ2v) is 4.70. The highest BCUT2D eigenvalue weighted by Gasteiger charge is 2.30. The first kappa shape index (κ1) is 12.8. The zero-order chi connectivity index (χ0) is 13.3. The molecule has 0 aliphatic carbocycles. The summed E-state index contributed by atoms with van der Waals surface area (Å²) in [5, 5.41) is 0.409. The molecule has 1 aromatic heterocycles. The molecule has 0 saturated heterocycles. The molecule has 0 bridgehead atoms. The lowest BCUT2D eigenvalue weighted by molar-refractivity contribution is -0.137. The van der Waals surface area contributed by atoms with Crippen molar-refractivity contribution in [1.82, 2.24) is 4.98 Å². The summed E-state index contributed by atoms with van der Waals surface area (Å²) in [7, 11) is 0. The lowest BCUT2D eigenvalue weighted by Gasteiger charge is -2.07.